The number of nitrogens with one attached hydrogen (secondary N) is 1. The van der Waals surface area contributed by atoms with Crippen LogP contribution in [0.4, 0.5) is 11.5 Å². The van der Waals surface area contributed by atoms with Crippen molar-refractivity contribution >= 4 is 11.5 Å². The van der Waals surface area contributed by atoms with Crippen molar-refractivity contribution in [3.8, 4) is 6.07 Å². The third-order valence-corrected chi connectivity index (χ3v) is 2.43. The van der Waals surface area contributed by atoms with Crippen LogP contribution in [0.1, 0.15) is 11.1 Å². The quantitative estimate of drug-likeness (QED) is 0.783. The second-order valence-corrected chi connectivity index (χ2v) is 3.56. The maximum atomic E-state index is 8.92. The molecule has 84 valence electrons. The summed E-state index contributed by atoms with van der Waals surface area (Å²) in [5, 5.41) is 12.0. The van der Waals surface area contributed by atoms with Crippen molar-refractivity contribution in [3.05, 3.63) is 53.7 Å². The molecule has 3 N–H and O–H groups in total. The molecule has 2 aromatic rings. The largest absolute Gasteiger partial charge is 0.398 e. The van der Waals surface area contributed by atoms with Gasteiger partial charge in [-0.15, -0.1) is 0 Å². The predicted molar refractivity (Wildman–Crippen MR) is 67.1 cm³/mol. The van der Waals surface area contributed by atoms with Crippen molar-refractivity contribution < 1.29 is 0 Å². The third kappa shape index (κ3) is 2.52. The number of nitriles is 1. The highest BCUT2D eigenvalue weighted by Gasteiger charge is 2.02. The second-order valence-electron chi connectivity index (χ2n) is 3.56. The summed E-state index contributed by atoms with van der Waals surface area (Å²) >= 11 is 0. The number of hydrogen-bond acceptors (Lipinski definition) is 4. The summed E-state index contributed by atoms with van der Waals surface area (Å²) in [4.78, 5) is 4.12. The summed E-state index contributed by atoms with van der Waals surface area (Å²) in [5.41, 5.74) is 8.08. The molecule has 2 rings (SSSR count). The van der Waals surface area contributed by atoms with E-state index in [-0.39, 0.29) is 0 Å². The van der Waals surface area contributed by atoms with Gasteiger partial charge in [0, 0.05) is 18.4 Å². The number of nitrogen functional groups attached to an aromatic ring is 1. The number of para-hydroxylation sites is 1. The molecular weight excluding hydrogens is 212 g/mol. The van der Waals surface area contributed by atoms with Gasteiger partial charge in [-0.05, 0) is 23.8 Å². The lowest BCUT2D eigenvalue weighted by molar-refractivity contribution is 1.11. The van der Waals surface area contributed by atoms with Gasteiger partial charge >= 0.3 is 0 Å². The van der Waals surface area contributed by atoms with Gasteiger partial charge in [-0.25, -0.2) is 4.98 Å². The Hall–Kier alpha value is -2.54. The van der Waals surface area contributed by atoms with Crippen molar-refractivity contribution in [2.45, 2.75) is 6.54 Å². The molecule has 0 amide bonds. The maximum absolute atomic E-state index is 8.92. The van der Waals surface area contributed by atoms with E-state index in [1.807, 2.05) is 24.3 Å². The summed E-state index contributed by atoms with van der Waals surface area (Å²) in [5.74, 6) is 0.582. The lowest BCUT2D eigenvalue weighted by Crippen LogP contribution is -2.05. The number of anilines is 2. The minimum Gasteiger partial charge on any atom is -0.398 e. The van der Waals surface area contributed by atoms with Crippen molar-refractivity contribution in [1.29, 1.82) is 5.26 Å². The lowest BCUT2D eigenvalue weighted by atomic mass is 10.2. The molecule has 17 heavy (non-hydrogen) atoms. The van der Waals surface area contributed by atoms with E-state index >= 15 is 0 Å². The number of pyridine rings is 1. The highest BCUT2D eigenvalue weighted by Crippen LogP contribution is 2.14. The van der Waals surface area contributed by atoms with E-state index in [0.29, 0.717) is 17.9 Å². The minimum atomic E-state index is 0.530. The van der Waals surface area contributed by atoms with Crippen LogP contribution >= 0.6 is 0 Å². The zero-order valence-electron chi connectivity index (χ0n) is 9.22. The fourth-order valence-corrected chi connectivity index (χ4v) is 1.51. The van der Waals surface area contributed by atoms with Crippen LogP contribution in [0, 0.1) is 11.3 Å². The predicted octanol–water partition coefficient (Wildman–Crippen LogP) is 2.15. The molecular formula is C13H12N4. The molecule has 0 saturated heterocycles. The van der Waals surface area contributed by atoms with E-state index < -0.39 is 0 Å². The van der Waals surface area contributed by atoms with E-state index in [0.717, 1.165) is 11.3 Å². The fraction of sp³-hybridized carbons (Fsp3) is 0.0769. The molecule has 0 aliphatic heterocycles. The molecule has 1 heterocycles. The summed E-state index contributed by atoms with van der Waals surface area (Å²) < 4.78 is 0. The van der Waals surface area contributed by atoms with Gasteiger partial charge in [-0.3, -0.25) is 0 Å². The number of hydrogen-bond donors (Lipinski definition) is 2. The average Bonchev–Trinajstić information content (AvgIpc) is 2.38. The van der Waals surface area contributed by atoms with Crippen molar-refractivity contribution in [2.24, 2.45) is 0 Å². The van der Waals surface area contributed by atoms with Crippen molar-refractivity contribution in [1.82, 2.24) is 4.98 Å². The van der Waals surface area contributed by atoms with E-state index in [4.69, 9.17) is 11.0 Å². The van der Waals surface area contributed by atoms with Crippen LogP contribution in [0.25, 0.3) is 0 Å². The van der Waals surface area contributed by atoms with E-state index in [1.54, 1.807) is 18.3 Å². The van der Waals surface area contributed by atoms with Crippen LogP contribution in [-0.2, 0) is 6.54 Å². The van der Waals surface area contributed by atoms with Crippen LogP contribution in [0.2, 0.25) is 0 Å². The molecule has 0 unspecified atom stereocenters. The molecule has 0 fully saturated rings. The molecule has 0 bridgehead atoms. The van der Waals surface area contributed by atoms with Crippen LogP contribution in [0.3, 0.4) is 0 Å². The Labute approximate surface area is 99.7 Å². The van der Waals surface area contributed by atoms with Crippen molar-refractivity contribution in [3.63, 3.8) is 0 Å². The first kappa shape index (κ1) is 11.0. The molecule has 0 spiro atoms. The first-order valence-corrected chi connectivity index (χ1v) is 5.23. The number of rotatable bonds is 3. The van der Waals surface area contributed by atoms with E-state index in [2.05, 4.69) is 16.4 Å². The van der Waals surface area contributed by atoms with Gasteiger partial charge in [0.2, 0.25) is 0 Å². The van der Waals surface area contributed by atoms with Gasteiger partial charge in [-0.1, -0.05) is 18.2 Å². The third-order valence-electron chi connectivity index (χ3n) is 2.43. The van der Waals surface area contributed by atoms with Gasteiger partial charge in [0.1, 0.15) is 11.9 Å². The highest BCUT2D eigenvalue weighted by atomic mass is 15.0. The molecule has 0 aliphatic carbocycles. The number of benzene rings is 1. The second kappa shape index (κ2) is 4.99. The molecule has 0 radical (unpaired) electrons. The summed E-state index contributed by atoms with van der Waals surface area (Å²) in [7, 11) is 0. The monoisotopic (exact) mass is 224 g/mol. The van der Waals surface area contributed by atoms with E-state index in [1.165, 1.54) is 0 Å². The Kier molecular flexibility index (Phi) is 3.22. The summed E-state index contributed by atoms with van der Waals surface area (Å²) in [6.45, 7) is 0.554. The molecule has 0 aliphatic rings. The summed E-state index contributed by atoms with van der Waals surface area (Å²) in [6.07, 6.45) is 1.65. The Balaban J connectivity index is 2.13. The van der Waals surface area contributed by atoms with Crippen LogP contribution < -0.4 is 11.1 Å². The van der Waals surface area contributed by atoms with Crippen LogP contribution in [0.5, 0.6) is 0 Å². The fourth-order valence-electron chi connectivity index (χ4n) is 1.51. The van der Waals surface area contributed by atoms with Gasteiger partial charge in [-0.2, -0.15) is 5.26 Å². The molecule has 4 heteroatoms. The number of nitrogens with zero attached hydrogens (tertiary/aromatic N) is 2. The summed E-state index contributed by atoms with van der Waals surface area (Å²) in [6, 6.07) is 13.2. The Morgan fingerprint density at radius 2 is 2.06 bits per heavy atom. The topological polar surface area (TPSA) is 74.7 Å². The first-order chi connectivity index (χ1) is 8.31. The van der Waals surface area contributed by atoms with Gasteiger partial charge in [0.25, 0.3) is 0 Å². The SMILES string of the molecule is N#Cc1cccnc1NCc1ccccc1N. The molecule has 1 aromatic heterocycles. The smallest absolute Gasteiger partial charge is 0.144 e. The van der Waals surface area contributed by atoms with Gasteiger partial charge in [0.05, 0.1) is 5.56 Å². The van der Waals surface area contributed by atoms with Crippen LogP contribution in [-0.4, -0.2) is 4.98 Å². The molecule has 1 aromatic carbocycles. The molecule has 0 saturated carbocycles. The number of aromatic nitrogens is 1. The van der Waals surface area contributed by atoms with E-state index in [9.17, 15) is 0 Å². The Morgan fingerprint density at radius 3 is 2.82 bits per heavy atom. The Bertz CT molecular complexity index is 557. The molecule has 0 atom stereocenters. The average molecular weight is 224 g/mol. The lowest BCUT2D eigenvalue weighted by Gasteiger charge is -2.08. The van der Waals surface area contributed by atoms with Gasteiger partial charge < -0.3 is 11.1 Å². The minimum absolute atomic E-state index is 0.530. The molecule has 4 nitrogen and oxygen atoms in total. The normalized spacial score (nSPS) is 9.59. The first-order valence-electron chi connectivity index (χ1n) is 5.23. The standard InChI is InChI=1S/C13H12N4/c14-8-10-5-3-7-16-13(10)17-9-11-4-1-2-6-12(11)15/h1-7H,9,15H2,(H,16,17). The maximum Gasteiger partial charge on any atom is 0.144 e. The zero-order valence-corrected chi connectivity index (χ0v) is 9.22. The zero-order chi connectivity index (χ0) is 12.1. The van der Waals surface area contributed by atoms with Crippen molar-refractivity contribution in [2.75, 3.05) is 11.1 Å². The van der Waals surface area contributed by atoms with Crippen LogP contribution in [0.15, 0.2) is 42.6 Å². The van der Waals surface area contributed by atoms with Gasteiger partial charge in [0.15, 0.2) is 0 Å². The highest BCUT2D eigenvalue weighted by molar-refractivity contribution is 5.53. The Morgan fingerprint density at radius 1 is 1.24 bits per heavy atom. The number of nitrogens with two attached hydrogens (primary N) is 1.